The second-order valence-electron chi connectivity index (χ2n) is 6.65. The Morgan fingerprint density at radius 2 is 2.08 bits per heavy atom. The summed E-state index contributed by atoms with van der Waals surface area (Å²) in [6, 6.07) is 8.89. The number of nitrogens with one attached hydrogen (secondary N) is 1. The minimum absolute atomic E-state index is 0.189. The van der Waals surface area contributed by atoms with E-state index in [9.17, 15) is 5.11 Å². The minimum atomic E-state index is 0.189. The van der Waals surface area contributed by atoms with Gasteiger partial charge in [0.05, 0.1) is 5.69 Å². The SMILES string of the molecule is CN1CCC(Cc2noc(-c3cc(-c4ccccc4O)n[nH]3)n2)CC1. The second-order valence-corrected chi connectivity index (χ2v) is 6.65. The molecule has 0 amide bonds. The topological polar surface area (TPSA) is 91.1 Å². The van der Waals surface area contributed by atoms with Crippen LogP contribution in [0.1, 0.15) is 18.7 Å². The number of aromatic nitrogens is 4. The van der Waals surface area contributed by atoms with E-state index in [1.54, 1.807) is 12.1 Å². The van der Waals surface area contributed by atoms with E-state index in [4.69, 9.17) is 4.52 Å². The van der Waals surface area contributed by atoms with Crippen molar-refractivity contribution in [3.05, 3.63) is 36.2 Å². The van der Waals surface area contributed by atoms with Crippen LogP contribution in [0.15, 0.2) is 34.9 Å². The van der Waals surface area contributed by atoms with Gasteiger partial charge in [-0.05, 0) is 57.1 Å². The Bertz CT molecular complexity index is 849. The van der Waals surface area contributed by atoms with Crippen molar-refractivity contribution in [2.45, 2.75) is 19.3 Å². The summed E-state index contributed by atoms with van der Waals surface area (Å²) in [7, 11) is 2.16. The van der Waals surface area contributed by atoms with Crippen LogP contribution in [0.25, 0.3) is 22.8 Å². The number of nitrogens with zero attached hydrogens (tertiary/aromatic N) is 4. The Hall–Kier alpha value is -2.67. The van der Waals surface area contributed by atoms with E-state index in [1.165, 1.54) is 12.8 Å². The molecule has 1 fully saturated rings. The quantitative estimate of drug-likeness (QED) is 0.759. The van der Waals surface area contributed by atoms with Crippen molar-refractivity contribution in [1.29, 1.82) is 0 Å². The molecule has 0 radical (unpaired) electrons. The number of phenolic OH excluding ortho intramolecular Hbond substituents is 1. The highest BCUT2D eigenvalue weighted by molar-refractivity contribution is 5.69. The first-order valence-corrected chi connectivity index (χ1v) is 8.54. The molecule has 1 aliphatic rings. The van der Waals surface area contributed by atoms with Crippen LogP contribution in [0.3, 0.4) is 0 Å². The first kappa shape index (κ1) is 15.8. The molecular weight excluding hydrogens is 318 g/mol. The number of phenols is 1. The third-order valence-electron chi connectivity index (χ3n) is 4.77. The van der Waals surface area contributed by atoms with Gasteiger partial charge in [-0.2, -0.15) is 10.1 Å². The Balaban J connectivity index is 1.48. The third kappa shape index (κ3) is 3.41. The van der Waals surface area contributed by atoms with Crippen molar-refractivity contribution in [2.75, 3.05) is 20.1 Å². The van der Waals surface area contributed by atoms with Gasteiger partial charge in [0.15, 0.2) is 5.82 Å². The lowest BCUT2D eigenvalue weighted by atomic mass is 9.94. The van der Waals surface area contributed by atoms with Crippen molar-refractivity contribution >= 4 is 0 Å². The maximum Gasteiger partial charge on any atom is 0.275 e. The molecule has 4 rings (SSSR count). The van der Waals surface area contributed by atoms with Crippen molar-refractivity contribution in [1.82, 2.24) is 25.2 Å². The molecule has 0 spiro atoms. The zero-order chi connectivity index (χ0) is 17.2. The Kier molecular flexibility index (Phi) is 4.23. The van der Waals surface area contributed by atoms with Crippen LogP contribution in [-0.2, 0) is 6.42 Å². The van der Waals surface area contributed by atoms with Crippen molar-refractivity contribution < 1.29 is 9.63 Å². The molecule has 2 N–H and O–H groups in total. The van der Waals surface area contributed by atoms with Gasteiger partial charge in [0.1, 0.15) is 11.4 Å². The molecular formula is C18H21N5O2. The number of hydrogen-bond donors (Lipinski definition) is 2. The zero-order valence-electron chi connectivity index (χ0n) is 14.1. The highest BCUT2D eigenvalue weighted by atomic mass is 16.5. The largest absolute Gasteiger partial charge is 0.507 e. The summed E-state index contributed by atoms with van der Waals surface area (Å²) in [6.07, 6.45) is 3.18. The third-order valence-corrected chi connectivity index (χ3v) is 4.77. The summed E-state index contributed by atoms with van der Waals surface area (Å²) in [6.45, 7) is 2.25. The minimum Gasteiger partial charge on any atom is -0.507 e. The van der Waals surface area contributed by atoms with E-state index in [-0.39, 0.29) is 5.75 Å². The van der Waals surface area contributed by atoms with E-state index in [0.717, 1.165) is 25.3 Å². The molecule has 1 saturated heterocycles. The molecule has 25 heavy (non-hydrogen) atoms. The smallest absolute Gasteiger partial charge is 0.275 e. The Morgan fingerprint density at radius 1 is 1.28 bits per heavy atom. The molecule has 0 bridgehead atoms. The summed E-state index contributed by atoms with van der Waals surface area (Å²) in [5, 5.41) is 21.2. The number of rotatable bonds is 4. The standard InChI is InChI=1S/C18H21N5O2/c1-23-8-6-12(7-9-23)10-17-19-18(25-22-17)15-11-14(20-21-15)13-4-2-3-5-16(13)24/h2-5,11-12,24H,6-10H2,1H3,(H,20,21). The molecule has 0 unspecified atom stereocenters. The van der Waals surface area contributed by atoms with Crippen molar-refractivity contribution in [3.63, 3.8) is 0 Å². The highest BCUT2D eigenvalue weighted by Gasteiger charge is 2.20. The van der Waals surface area contributed by atoms with E-state index >= 15 is 0 Å². The number of hydrogen-bond acceptors (Lipinski definition) is 6. The highest BCUT2D eigenvalue weighted by Crippen LogP contribution is 2.29. The maximum absolute atomic E-state index is 9.94. The first-order valence-electron chi connectivity index (χ1n) is 8.54. The van der Waals surface area contributed by atoms with E-state index < -0.39 is 0 Å². The molecule has 0 saturated carbocycles. The lowest BCUT2D eigenvalue weighted by molar-refractivity contribution is 0.216. The summed E-state index contributed by atoms with van der Waals surface area (Å²) >= 11 is 0. The molecule has 7 nitrogen and oxygen atoms in total. The van der Waals surface area contributed by atoms with Gasteiger partial charge >= 0.3 is 0 Å². The molecule has 2 aromatic heterocycles. The lowest BCUT2D eigenvalue weighted by Gasteiger charge is -2.27. The average molecular weight is 339 g/mol. The summed E-state index contributed by atoms with van der Waals surface area (Å²) < 4.78 is 5.39. The molecule has 130 valence electrons. The molecule has 1 aliphatic heterocycles. The number of piperidine rings is 1. The fourth-order valence-electron chi connectivity index (χ4n) is 3.23. The van der Waals surface area contributed by atoms with Crippen LogP contribution in [0.5, 0.6) is 5.75 Å². The molecule has 7 heteroatoms. The molecule has 0 atom stereocenters. The number of likely N-dealkylation sites (tertiary alicyclic amines) is 1. The van der Waals surface area contributed by atoms with Crippen LogP contribution in [0, 0.1) is 5.92 Å². The lowest BCUT2D eigenvalue weighted by Crippen LogP contribution is -2.31. The van der Waals surface area contributed by atoms with Gasteiger partial charge in [0, 0.05) is 12.0 Å². The monoisotopic (exact) mass is 339 g/mol. The van der Waals surface area contributed by atoms with Crippen LogP contribution in [0.4, 0.5) is 0 Å². The second kappa shape index (κ2) is 6.68. The first-order chi connectivity index (χ1) is 12.2. The Morgan fingerprint density at radius 3 is 2.88 bits per heavy atom. The average Bonchev–Trinajstić information content (AvgIpc) is 3.27. The van der Waals surface area contributed by atoms with Crippen LogP contribution in [-0.4, -0.2) is 50.5 Å². The van der Waals surface area contributed by atoms with Gasteiger partial charge in [0.25, 0.3) is 5.89 Å². The van der Waals surface area contributed by atoms with Gasteiger partial charge < -0.3 is 14.5 Å². The number of H-pyrrole nitrogens is 1. The fraction of sp³-hybridized carbons (Fsp3) is 0.389. The van der Waals surface area contributed by atoms with Gasteiger partial charge in [0.2, 0.25) is 0 Å². The zero-order valence-corrected chi connectivity index (χ0v) is 14.1. The summed E-state index contributed by atoms with van der Waals surface area (Å²) in [5.41, 5.74) is 1.96. The van der Waals surface area contributed by atoms with Gasteiger partial charge in [-0.3, -0.25) is 5.10 Å². The molecule has 3 aromatic rings. The van der Waals surface area contributed by atoms with Crippen LogP contribution in [0.2, 0.25) is 0 Å². The number of aromatic hydroxyl groups is 1. The number of para-hydroxylation sites is 1. The predicted octanol–water partition coefficient (Wildman–Crippen LogP) is 2.72. The Labute approximate surface area is 145 Å². The van der Waals surface area contributed by atoms with E-state index in [0.29, 0.717) is 28.8 Å². The van der Waals surface area contributed by atoms with Gasteiger partial charge in [-0.15, -0.1) is 0 Å². The summed E-state index contributed by atoms with van der Waals surface area (Å²) in [5.74, 6) is 1.97. The molecule has 3 heterocycles. The number of aromatic amines is 1. The normalized spacial score (nSPS) is 16.4. The number of benzene rings is 1. The summed E-state index contributed by atoms with van der Waals surface area (Å²) in [4.78, 5) is 6.85. The van der Waals surface area contributed by atoms with Crippen molar-refractivity contribution in [3.8, 4) is 28.6 Å². The maximum atomic E-state index is 9.94. The van der Waals surface area contributed by atoms with Gasteiger partial charge in [-0.25, -0.2) is 0 Å². The van der Waals surface area contributed by atoms with E-state index in [2.05, 4.69) is 32.3 Å². The van der Waals surface area contributed by atoms with Crippen LogP contribution >= 0.6 is 0 Å². The van der Waals surface area contributed by atoms with Crippen LogP contribution < -0.4 is 0 Å². The molecule has 1 aromatic carbocycles. The van der Waals surface area contributed by atoms with Crippen molar-refractivity contribution in [2.24, 2.45) is 5.92 Å². The molecule has 0 aliphatic carbocycles. The van der Waals surface area contributed by atoms with Gasteiger partial charge in [-0.1, -0.05) is 17.3 Å². The fourth-order valence-corrected chi connectivity index (χ4v) is 3.23. The predicted molar refractivity (Wildman–Crippen MR) is 92.9 cm³/mol. The van der Waals surface area contributed by atoms with E-state index in [1.807, 2.05) is 18.2 Å².